The summed E-state index contributed by atoms with van der Waals surface area (Å²) in [7, 11) is 0. The van der Waals surface area contributed by atoms with Crippen LogP contribution in [-0.4, -0.2) is 4.98 Å². The Labute approximate surface area is 439 Å². The van der Waals surface area contributed by atoms with Gasteiger partial charge in [-0.05, 0) is 140 Å². The van der Waals surface area contributed by atoms with E-state index in [1.54, 1.807) is 0 Å². The van der Waals surface area contributed by atoms with Crippen molar-refractivity contribution in [3.63, 3.8) is 0 Å². The van der Waals surface area contributed by atoms with Crippen molar-refractivity contribution in [1.82, 2.24) is 4.98 Å². The highest BCUT2D eigenvalue weighted by Crippen LogP contribution is 2.54. The highest BCUT2D eigenvalue weighted by Gasteiger charge is 2.36. The van der Waals surface area contributed by atoms with E-state index in [9.17, 15) is 0 Å². The van der Waals surface area contributed by atoms with Crippen molar-refractivity contribution in [3.05, 3.63) is 260 Å². The van der Waals surface area contributed by atoms with E-state index < -0.39 is 0 Å². The summed E-state index contributed by atoms with van der Waals surface area (Å²) >= 11 is 1.85. The van der Waals surface area contributed by atoms with Crippen LogP contribution in [0.2, 0.25) is 0 Å². The molecule has 0 saturated heterocycles. The predicted molar refractivity (Wildman–Crippen MR) is 314 cm³/mol. The maximum absolute atomic E-state index is 6.75. The molecule has 0 bridgehead atoms. The van der Waals surface area contributed by atoms with Gasteiger partial charge in [-0.3, -0.25) is 4.98 Å². The summed E-state index contributed by atoms with van der Waals surface area (Å²) in [4.78, 5) is 12.4. The van der Waals surface area contributed by atoms with Crippen molar-refractivity contribution >= 4 is 89.4 Å². The van der Waals surface area contributed by atoms with Gasteiger partial charge in [-0.15, -0.1) is 0 Å². The lowest BCUT2D eigenvalue weighted by Crippen LogP contribution is -2.16. The van der Waals surface area contributed by atoms with Crippen LogP contribution < -0.4 is 9.80 Å². The minimum atomic E-state index is -0.107. The van der Waals surface area contributed by atoms with Gasteiger partial charge in [0.1, 0.15) is 5.58 Å². The van der Waals surface area contributed by atoms with Gasteiger partial charge in [0.15, 0.2) is 5.58 Å². The average Bonchev–Trinajstić information content (AvgIpc) is 4.02. The van der Waals surface area contributed by atoms with Crippen LogP contribution in [0, 0.1) is 0 Å². The number of aromatic nitrogens is 1. The highest BCUT2D eigenvalue weighted by atomic mass is 32.2. The Morgan fingerprint density at radius 3 is 1.93 bits per heavy atom. The number of hydrogen-bond donors (Lipinski definition) is 0. The average molecular weight is 978 g/mol. The van der Waals surface area contributed by atoms with Crippen LogP contribution in [0.25, 0.3) is 88.1 Å². The van der Waals surface area contributed by atoms with Crippen LogP contribution in [-0.2, 0) is 5.41 Å². The predicted octanol–water partition coefficient (Wildman–Crippen LogP) is 20.0. The van der Waals surface area contributed by atoms with Crippen LogP contribution in [0.4, 0.5) is 34.1 Å². The van der Waals surface area contributed by atoms with Crippen molar-refractivity contribution in [1.29, 1.82) is 0 Å². The molecular formula is C70H47N3OS. The first kappa shape index (κ1) is 43.4. The second kappa shape index (κ2) is 17.0. The van der Waals surface area contributed by atoms with E-state index in [4.69, 9.17) is 9.40 Å². The van der Waals surface area contributed by atoms with Gasteiger partial charge >= 0.3 is 0 Å². The molecule has 13 aromatic rings. The van der Waals surface area contributed by atoms with Gasteiger partial charge in [-0.1, -0.05) is 183 Å². The van der Waals surface area contributed by atoms with Gasteiger partial charge in [0, 0.05) is 59.6 Å². The van der Waals surface area contributed by atoms with E-state index in [1.165, 1.54) is 64.7 Å². The third-order valence-electron chi connectivity index (χ3n) is 15.7. The Morgan fingerprint density at radius 2 is 1.08 bits per heavy atom. The smallest absolute Gasteiger partial charge is 0.159 e. The topological polar surface area (TPSA) is 32.5 Å². The van der Waals surface area contributed by atoms with Crippen LogP contribution >= 0.6 is 11.8 Å². The summed E-state index contributed by atoms with van der Waals surface area (Å²) in [6.07, 6.45) is 2.03. The number of pyridine rings is 1. The SMILES string of the molecule is CC1(C)c2ccccc2-c2ccc(N(c3ccccc3)c3ccc(-c4ccc5cc6c7c(cccc7c5c4)Sc4cc(N(c5ccccc5-c5ccccc5)c5cccc7c5oc5ccccc57)ccc4-6)nc3)cc21. The van der Waals surface area contributed by atoms with E-state index in [0.717, 1.165) is 78.4 Å². The first-order valence-electron chi connectivity index (χ1n) is 25.7. The Kier molecular flexibility index (Phi) is 9.82. The number of fused-ring (bicyclic) bond motifs is 10. The molecule has 0 fully saturated rings. The lowest BCUT2D eigenvalue weighted by Gasteiger charge is -2.29. The molecule has 0 saturated carbocycles. The lowest BCUT2D eigenvalue weighted by molar-refractivity contribution is 0.660. The van der Waals surface area contributed by atoms with Gasteiger partial charge < -0.3 is 14.2 Å². The number of furan rings is 1. The zero-order valence-corrected chi connectivity index (χ0v) is 42.1. The monoisotopic (exact) mass is 977 g/mol. The molecule has 0 atom stereocenters. The van der Waals surface area contributed by atoms with E-state index in [2.05, 4.69) is 260 Å². The summed E-state index contributed by atoms with van der Waals surface area (Å²) < 4.78 is 6.75. The largest absolute Gasteiger partial charge is 0.454 e. The van der Waals surface area contributed by atoms with E-state index in [-0.39, 0.29) is 5.41 Å². The van der Waals surface area contributed by atoms with Crippen molar-refractivity contribution in [3.8, 4) is 44.6 Å². The van der Waals surface area contributed by atoms with Crippen molar-refractivity contribution in [2.75, 3.05) is 9.80 Å². The minimum Gasteiger partial charge on any atom is -0.454 e. The zero-order chi connectivity index (χ0) is 49.8. The second-order valence-electron chi connectivity index (χ2n) is 20.3. The molecule has 0 unspecified atom stereocenters. The zero-order valence-electron chi connectivity index (χ0n) is 41.3. The Hall–Kier alpha value is -9.16. The number of rotatable bonds is 8. The van der Waals surface area contributed by atoms with E-state index >= 15 is 0 Å². The molecule has 2 aromatic heterocycles. The van der Waals surface area contributed by atoms with Gasteiger partial charge in [0.05, 0.1) is 29.0 Å². The summed E-state index contributed by atoms with van der Waals surface area (Å²) in [5, 5.41) is 7.15. The second-order valence-corrected chi connectivity index (χ2v) is 21.3. The first-order chi connectivity index (χ1) is 36.9. The fourth-order valence-electron chi connectivity index (χ4n) is 12.1. The summed E-state index contributed by atoms with van der Waals surface area (Å²) in [6, 6.07) is 88.0. The standard InChI is InChI=1S/C70H47N3OS/c1-70(2)60-26-12-9-22-52(60)53-36-33-48(41-61(53)70)72(47-19-7-4-8-20-47)50-35-38-62(71-43-50)46-32-31-45-39-59-55-37-34-49(42-67(55)75-66-30-16-24-56(68(59)66)58(45)40-46)73(63-27-13-10-21-51(63)44-17-5-3-6-18-44)64-28-15-25-57-54-23-11-14-29-65(54)74-69(57)64/h3-43H,1-2H3. The molecule has 11 aromatic carbocycles. The van der Waals surface area contributed by atoms with Crippen molar-refractivity contribution in [2.24, 2.45) is 0 Å². The van der Waals surface area contributed by atoms with E-state index in [0.29, 0.717) is 0 Å². The molecule has 0 spiro atoms. The molecule has 3 heterocycles. The maximum Gasteiger partial charge on any atom is 0.159 e. The van der Waals surface area contributed by atoms with Gasteiger partial charge in [0.25, 0.3) is 0 Å². The maximum atomic E-state index is 6.75. The quantitative estimate of drug-likeness (QED) is 0.142. The van der Waals surface area contributed by atoms with E-state index in [1.807, 2.05) is 24.0 Å². The van der Waals surface area contributed by atoms with Gasteiger partial charge in [-0.2, -0.15) is 0 Å². The molecule has 75 heavy (non-hydrogen) atoms. The van der Waals surface area contributed by atoms with Crippen LogP contribution in [0.1, 0.15) is 25.0 Å². The molecule has 1 aliphatic heterocycles. The fourth-order valence-corrected chi connectivity index (χ4v) is 13.3. The summed E-state index contributed by atoms with van der Waals surface area (Å²) in [5.41, 5.74) is 20.1. The molecular weight excluding hydrogens is 931 g/mol. The first-order valence-corrected chi connectivity index (χ1v) is 26.5. The summed E-state index contributed by atoms with van der Waals surface area (Å²) in [5.74, 6) is 0. The molecule has 4 nitrogen and oxygen atoms in total. The number of hydrogen-bond acceptors (Lipinski definition) is 5. The molecule has 0 N–H and O–H groups in total. The molecule has 0 radical (unpaired) electrons. The number of anilines is 6. The van der Waals surface area contributed by atoms with Gasteiger partial charge in [-0.25, -0.2) is 0 Å². The fraction of sp³-hybridized carbons (Fsp3) is 0.0429. The van der Waals surface area contributed by atoms with Crippen LogP contribution in [0.15, 0.2) is 263 Å². The number of nitrogens with zero attached hydrogens (tertiary/aromatic N) is 3. The number of benzene rings is 11. The van der Waals surface area contributed by atoms with Crippen molar-refractivity contribution < 1.29 is 4.42 Å². The molecule has 0 amide bonds. The lowest BCUT2D eigenvalue weighted by atomic mass is 9.82. The third kappa shape index (κ3) is 6.89. The molecule has 5 heteroatoms. The Bertz CT molecular complexity index is 4430. The molecule has 15 rings (SSSR count). The van der Waals surface area contributed by atoms with Crippen LogP contribution in [0.3, 0.4) is 0 Å². The summed E-state index contributed by atoms with van der Waals surface area (Å²) in [6.45, 7) is 4.68. The minimum absolute atomic E-state index is 0.107. The van der Waals surface area contributed by atoms with Crippen LogP contribution in [0.5, 0.6) is 0 Å². The Morgan fingerprint density at radius 1 is 0.400 bits per heavy atom. The van der Waals surface area contributed by atoms with Crippen molar-refractivity contribution in [2.45, 2.75) is 29.1 Å². The highest BCUT2D eigenvalue weighted by molar-refractivity contribution is 7.99. The third-order valence-corrected chi connectivity index (χ3v) is 16.8. The Balaban J connectivity index is 0.811. The number of para-hydroxylation sites is 4. The normalized spacial score (nSPS) is 13.0. The molecule has 354 valence electrons. The van der Waals surface area contributed by atoms with Gasteiger partial charge in [0.2, 0.25) is 0 Å². The molecule has 2 aliphatic rings. The molecule has 1 aliphatic carbocycles.